The van der Waals surface area contributed by atoms with Crippen molar-refractivity contribution in [3.8, 4) is 11.5 Å². The summed E-state index contributed by atoms with van der Waals surface area (Å²) in [6, 6.07) is 13.1. The number of anilines is 2. The fourth-order valence-corrected chi connectivity index (χ4v) is 4.22. The molecule has 0 unspecified atom stereocenters. The smallest absolute Gasteiger partial charge is 0.263 e. The van der Waals surface area contributed by atoms with Crippen molar-refractivity contribution >= 4 is 27.4 Å². The summed E-state index contributed by atoms with van der Waals surface area (Å²) in [5.41, 5.74) is 1.46. The maximum absolute atomic E-state index is 12.5. The van der Waals surface area contributed by atoms with Gasteiger partial charge in [-0.05, 0) is 68.7 Å². The van der Waals surface area contributed by atoms with Gasteiger partial charge in [-0.25, -0.2) is 8.42 Å². The van der Waals surface area contributed by atoms with E-state index in [4.69, 9.17) is 14.0 Å². The predicted octanol–water partition coefficient (Wildman–Crippen LogP) is 4.93. The van der Waals surface area contributed by atoms with Crippen molar-refractivity contribution in [2.24, 2.45) is 0 Å². The van der Waals surface area contributed by atoms with Gasteiger partial charge in [-0.3, -0.25) is 9.52 Å². The van der Waals surface area contributed by atoms with Crippen molar-refractivity contribution in [3.05, 3.63) is 59.9 Å². The van der Waals surface area contributed by atoms with Gasteiger partial charge in [-0.1, -0.05) is 24.6 Å². The molecule has 1 heterocycles. The Bertz CT molecular complexity index is 1220. The number of aryl methyl sites for hydroxylation is 2. The van der Waals surface area contributed by atoms with Crippen LogP contribution in [0.3, 0.4) is 0 Å². The minimum atomic E-state index is -3.82. The van der Waals surface area contributed by atoms with Gasteiger partial charge in [0.25, 0.3) is 10.0 Å². The lowest BCUT2D eigenvalue weighted by molar-refractivity contribution is -0.116. The zero-order valence-corrected chi connectivity index (χ0v) is 21.0. The molecule has 1 aromatic heterocycles. The van der Waals surface area contributed by atoms with E-state index in [1.165, 1.54) is 30.3 Å². The molecule has 2 aromatic carbocycles. The van der Waals surface area contributed by atoms with Gasteiger partial charge in [0, 0.05) is 18.2 Å². The molecule has 0 fully saturated rings. The SMILES string of the molecule is CCCCOc1ccc(CCC(=O)Nc2ccc(S(=O)(=O)Nc3cc(C)on3)cc2)cc1OCC. The lowest BCUT2D eigenvalue weighted by atomic mass is 10.1. The Morgan fingerprint density at radius 1 is 1.03 bits per heavy atom. The molecule has 3 aromatic rings. The number of carbonyl (C=O) groups excluding carboxylic acids is 1. The number of hydrogen-bond acceptors (Lipinski definition) is 7. The number of nitrogens with zero attached hydrogens (tertiary/aromatic N) is 1. The highest BCUT2D eigenvalue weighted by Crippen LogP contribution is 2.29. The standard InChI is InChI=1S/C25H31N3O6S/c1-4-6-15-33-22-13-7-19(17-23(22)32-5-2)8-14-25(29)26-20-9-11-21(12-10-20)35(30,31)28-24-16-18(3)34-27-24/h7,9-13,16-17H,4-6,8,14-15H2,1-3H3,(H,26,29)(H,27,28). The van der Waals surface area contributed by atoms with Crippen molar-refractivity contribution in [2.75, 3.05) is 23.3 Å². The molecule has 0 saturated heterocycles. The number of ether oxygens (including phenoxy) is 2. The van der Waals surface area contributed by atoms with Crippen LogP contribution in [0.5, 0.6) is 11.5 Å². The van der Waals surface area contributed by atoms with Crippen LogP contribution in [-0.2, 0) is 21.2 Å². The Kier molecular flexibility index (Phi) is 9.13. The van der Waals surface area contributed by atoms with Gasteiger partial charge < -0.3 is 19.3 Å². The van der Waals surface area contributed by atoms with E-state index in [1.54, 1.807) is 6.92 Å². The number of benzene rings is 2. The van der Waals surface area contributed by atoms with E-state index in [1.807, 2.05) is 25.1 Å². The van der Waals surface area contributed by atoms with Gasteiger partial charge in [-0.15, -0.1) is 0 Å². The highest BCUT2D eigenvalue weighted by atomic mass is 32.2. The number of hydrogen-bond donors (Lipinski definition) is 2. The first kappa shape index (κ1) is 26.1. The number of rotatable bonds is 13. The third-order valence-electron chi connectivity index (χ3n) is 5.02. The van der Waals surface area contributed by atoms with Gasteiger partial charge in [-0.2, -0.15) is 0 Å². The van der Waals surface area contributed by atoms with Crippen molar-refractivity contribution < 1.29 is 27.2 Å². The molecular weight excluding hydrogens is 470 g/mol. The highest BCUT2D eigenvalue weighted by Gasteiger charge is 2.16. The number of amides is 1. The second-order valence-corrected chi connectivity index (χ2v) is 9.60. The van der Waals surface area contributed by atoms with Crippen molar-refractivity contribution in [3.63, 3.8) is 0 Å². The molecule has 0 aliphatic rings. The van der Waals surface area contributed by atoms with Crippen molar-refractivity contribution in [1.82, 2.24) is 5.16 Å². The largest absolute Gasteiger partial charge is 0.490 e. The second kappa shape index (κ2) is 12.3. The third kappa shape index (κ3) is 7.74. The van der Waals surface area contributed by atoms with E-state index in [-0.39, 0.29) is 23.0 Å². The van der Waals surface area contributed by atoms with Gasteiger partial charge in [0.15, 0.2) is 17.3 Å². The van der Waals surface area contributed by atoms with Crippen LogP contribution in [0.15, 0.2) is 57.9 Å². The minimum absolute atomic E-state index is 0.0425. The van der Waals surface area contributed by atoms with Crippen LogP contribution in [0.2, 0.25) is 0 Å². The number of carbonyl (C=O) groups is 1. The molecule has 35 heavy (non-hydrogen) atoms. The molecule has 0 atom stereocenters. The van der Waals surface area contributed by atoms with Gasteiger partial charge in [0.2, 0.25) is 5.91 Å². The summed E-state index contributed by atoms with van der Waals surface area (Å²) in [5.74, 6) is 1.79. The summed E-state index contributed by atoms with van der Waals surface area (Å²) in [5, 5.41) is 6.42. The molecule has 2 N–H and O–H groups in total. The molecular formula is C25H31N3O6S. The Balaban J connectivity index is 1.55. The molecule has 188 valence electrons. The quantitative estimate of drug-likeness (QED) is 0.319. The van der Waals surface area contributed by atoms with Gasteiger partial charge >= 0.3 is 0 Å². The van der Waals surface area contributed by atoms with Crippen LogP contribution in [0.4, 0.5) is 11.5 Å². The Morgan fingerprint density at radius 2 is 1.80 bits per heavy atom. The monoisotopic (exact) mass is 501 g/mol. The summed E-state index contributed by atoms with van der Waals surface area (Å²) in [7, 11) is -3.82. The van der Waals surface area contributed by atoms with Crippen LogP contribution in [0.25, 0.3) is 0 Å². The van der Waals surface area contributed by atoms with Crippen molar-refractivity contribution in [1.29, 1.82) is 0 Å². The van der Waals surface area contributed by atoms with Crippen LogP contribution < -0.4 is 19.5 Å². The molecule has 0 bridgehead atoms. The molecule has 3 rings (SSSR count). The van der Waals surface area contributed by atoms with Crippen molar-refractivity contribution in [2.45, 2.75) is 51.3 Å². The van der Waals surface area contributed by atoms with E-state index in [9.17, 15) is 13.2 Å². The molecule has 0 aliphatic carbocycles. The average molecular weight is 502 g/mol. The average Bonchev–Trinajstić information content (AvgIpc) is 3.23. The summed E-state index contributed by atoms with van der Waals surface area (Å²) < 4.78 is 43.7. The normalized spacial score (nSPS) is 11.2. The number of unbranched alkanes of at least 4 members (excludes halogenated alkanes) is 1. The fourth-order valence-electron chi connectivity index (χ4n) is 3.23. The molecule has 0 radical (unpaired) electrons. The molecule has 9 nitrogen and oxygen atoms in total. The van der Waals surface area contributed by atoms with Crippen LogP contribution >= 0.6 is 0 Å². The summed E-state index contributed by atoms with van der Waals surface area (Å²) in [6.45, 7) is 6.84. The molecule has 10 heteroatoms. The zero-order valence-electron chi connectivity index (χ0n) is 20.2. The van der Waals surface area contributed by atoms with E-state index in [0.29, 0.717) is 42.6 Å². The third-order valence-corrected chi connectivity index (χ3v) is 6.39. The highest BCUT2D eigenvalue weighted by molar-refractivity contribution is 7.92. The maximum atomic E-state index is 12.5. The second-order valence-electron chi connectivity index (χ2n) is 7.92. The first-order valence-electron chi connectivity index (χ1n) is 11.5. The van der Waals surface area contributed by atoms with E-state index < -0.39 is 10.0 Å². The van der Waals surface area contributed by atoms with Crippen LogP contribution in [0.1, 0.15) is 44.4 Å². The topological polar surface area (TPSA) is 120 Å². The lowest BCUT2D eigenvalue weighted by Gasteiger charge is -2.13. The Labute approximate surface area is 205 Å². The number of nitrogens with one attached hydrogen (secondary N) is 2. The number of aromatic nitrogens is 1. The molecule has 0 aliphatic heterocycles. The van der Waals surface area contributed by atoms with Crippen LogP contribution in [-0.4, -0.2) is 32.7 Å². The summed E-state index contributed by atoms with van der Waals surface area (Å²) in [4.78, 5) is 12.5. The van der Waals surface area contributed by atoms with E-state index in [2.05, 4.69) is 22.1 Å². The fraction of sp³-hybridized carbons (Fsp3) is 0.360. The van der Waals surface area contributed by atoms with Gasteiger partial charge in [0.1, 0.15) is 5.76 Å². The van der Waals surface area contributed by atoms with E-state index in [0.717, 1.165) is 18.4 Å². The Morgan fingerprint density at radius 3 is 2.46 bits per heavy atom. The zero-order chi connectivity index (χ0) is 25.3. The molecule has 0 spiro atoms. The number of sulfonamides is 1. The summed E-state index contributed by atoms with van der Waals surface area (Å²) >= 11 is 0. The first-order valence-corrected chi connectivity index (χ1v) is 13.0. The Hall–Kier alpha value is -3.53. The summed E-state index contributed by atoms with van der Waals surface area (Å²) in [6.07, 6.45) is 2.80. The van der Waals surface area contributed by atoms with E-state index >= 15 is 0 Å². The molecule has 0 saturated carbocycles. The van der Waals surface area contributed by atoms with Crippen LogP contribution in [0, 0.1) is 6.92 Å². The lowest BCUT2D eigenvalue weighted by Crippen LogP contribution is -2.14. The first-order chi connectivity index (χ1) is 16.8. The molecule has 1 amide bonds. The maximum Gasteiger partial charge on any atom is 0.263 e. The minimum Gasteiger partial charge on any atom is -0.490 e. The van der Waals surface area contributed by atoms with Gasteiger partial charge in [0.05, 0.1) is 18.1 Å². The predicted molar refractivity (Wildman–Crippen MR) is 133 cm³/mol.